The molecular formula is C14H25N3S. The van der Waals surface area contributed by atoms with E-state index < -0.39 is 0 Å². The van der Waals surface area contributed by atoms with Crippen LogP contribution >= 0.6 is 11.3 Å². The summed E-state index contributed by atoms with van der Waals surface area (Å²) in [5.41, 5.74) is 7.22. The molecule has 0 spiro atoms. The molecular weight excluding hydrogens is 242 g/mol. The van der Waals surface area contributed by atoms with E-state index in [0.29, 0.717) is 0 Å². The molecule has 0 amide bonds. The van der Waals surface area contributed by atoms with Crippen molar-refractivity contribution in [1.29, 1.82) is 0 Å². The van der Waals surface area contributed by atoms with Crippen LogP contribution in [0.15, 0.2) is 0 Å². The highest BCUT2D eigenvalue weighted by Gasteiger charge is 2.19. The van der Waals surface area contributed by atoms with Gasteiger partial charge in [-0.15, -0.1) is 11.3 Å². The van der Waals surface area contributed by atoms with Crippen LogP contribution in [0.2, 0.25) is 0 Å². The van der Waals surface area contributed by atoms with E-state index in [1.54, 1.807) is 0 Å². The van der Waals surface area contributed by atoms with Crippen LogP contribution in [-0.2, 0) is 13.0 Å². The monoisotopic (exact) mass is 267 g/mol. The maximum Gasteiger partial charge on any atom is 0.107 e. The number of aryl methyl sites for hydroxylation is 1. The Hall–Kier alpha value is -0.450. The first-order chi connectivity index (χ1) is 8.60. The van der Waals surface area contributed by atoms with E-state index in [4.69, 9.17) is 10.7 Å². The third kappa shape index (κ3) is 3.31. The van der Waals surface area contributed by atoms with Gasteiger partial charge in [0.2, 0.25) is 0 Å². The van der Waals surface area contributed by atoms with Crippen LogP contribution in [0.3, 0.4) is 0 Å². The van der Waals surface area contributed by atoms with Crippen LogP contribution in [0, 0.1) is 5.92 Å². The Balaban J connectivity index is 2.01. The highest BCUT2D eigenvalue weighted by Crippen LogP contribution is 2.26. The lowest BCUT2D eigenvalue weighted by molar-refractivity contribution is 0.185. The summed E-state index contributed by atoms with van der Waals surface area (Å²) in [4.78, 5) is 8.57. The second kappa shape index (κ2) is 6.13. The molecule has 1 aliphatic rings. The molecule has 1 fully saturated rings. The van der Waals surface area contributed by atoms with E-state index >= 15 is 0 Å². The van der Waals surface area contributed by atoms with Gasteiger partial charge in [-0.3, -0.25) is 4.90 Å². The van der Waals surface area contributed by atoms with Crippen molar-refractivity contribution in [2.24, 2.45) is 11.7 Å². The summed E-state index contributed by atoms with van der Waals surface area (Å²) >= 11 is 1.81. The van der Waals surface area contributed by atoms with Crippen molar-refractivity contribution >= 4 is 11.3 Å². The first kappa shape index (κ1) is 14.0. The number of hydrogen-bond acceptors (Lipinski definition) is 4. The van der Waals surface area contributed by atoms with E-state index in [9.17, 15) is 0 Å². The van der Waals surface area contributed by atoms with Crippen molar-refractivity contribution in [3.8, 4) is 0 Å². The molecule has 102 valence electrons. The predicted molar refractivity (Wildman–Crippen MR) is 77.8 cm³/mol. The van der Waals surface area contributed by atoms with Crippen LogP contribution < -0.4 is 5.73 Å². The molecule has 2 heterocycles. The van der Waals surface area contributed by atoms with Crippen LogP contribution in [0.25, 0.3) is 0 Å². The molecule has 1 aliphatic heterocycles. The van der Waals surface area contributed by atoms with E-state index in [1.165, 1.54) is 41.5 Å². The van der Waals surface area contributed by atoms with Crippen molar-refractivity contribution in [3.63, 3.8) is 0 Å². The molecule has 0 bridgehead atoms. The highest BCUT2D eigenvalue weighted by molar-refractivity contribution is 7.11. The van der Waals surface area contributed by atoms with Crippen LogP contribution in [-0.4, -0.2) is 23.0 Å². The van der Waals surface area contributed by atoms with Crippen LogP contribution in [0.1, 0.15) is 55.2 Å². The van der Waals surface area contributed by atoms with Gasteiger partial charge in [0.1, 0.15) is 5.01 Å². The predicted octanol–water partition coefficient (Wildman–Crippen LogP) is 2.96. The molecule has 0 aliphatic carbocycles. The molecule has 3 nitrogen and oxygen atoms in total. The average molecular weight is 267 g/mol. The van der Waals surface area contributed by atoms with Crippen molar-refractivity contribution in [2.45, 2.75) is 52.6 Å². The molecule has 0 aromatic carbocycles. The maximum absolute atomic E-state index is 6.01. The summed E-state index contributed by atoms with van der Waals surface area (Å²) in [6, 6.07) is 0.118. The minimum atomic E-state index is 0.118. The number of aromatic nitrogens is 1. The van der Waals surface area contributed by atoms with Crippen molar-refractivity contribution < 1.29 is 0 Å². The van der Waals surface area contributed by atoms with Gasteiger partial charge in [0.05, 0.1) is 12.2 Å². The summed E-state index contributed by atoms with van der Waals surface area (Å²) in [6.45, 7) is 10.0. The topological polar surface area (TPSA) is 42.2 Å². The third-order valence-corrected chi connectivity index (χ3v) is 5.04. The molecule has 1 saturated heterocycles. The molecule has 1 unspecified atom stereocenters. The van der Waals surface area contributed by atoms with Gasteiger partial charge in [0, 0.05) is 10.9 Å². The Labute approximate surface area is 114 Å². The Morgan fingerprint density at radius 2 is 2.11 bits per heavy atom. The first-order valence-electron chi connectivity index (χ1n) is 7.06. The van der Waals surface area contributed by atoms with E-state index in [0.717, 1.165) is 18.9 Å². The summed E-state index contributed by atoms with van der Waals surface area (Å²) in [5, 5.41) is 1.24. The van der Waals surface area contributed by atoms with E-state index in [2.05, 4.69) is 25.7 Å². The number of nitrogens with zero attached hydrogens (tertiary/aromatic N) is 2. The van der Waals surface area contributed by atoms with Gasteiger partial charge in [-0.2, -0.15) is 0 Å². The summed E-state index contributed by atoms with van der Waals surface area (Å²) in [5.74, 6) is 0.892. The zero-order valence-electron chi connectivity index (χ0n) is 11.8. The molecule has 2 N–H and O–H groups in total. The van der Waals surface area contributed by atoms with Gasteiger partial charge in [-0.1, -0.05) is 13.8 Å². The van der Waals surface area contributed by atoms with Gasteiger partial charge >= 0.3 is 0 Å². The minimum absolute atomic E-state index is 0.118. The molecule has 0 saturated carbocycles. The number of rotatable bonds is 4. The molecule has 2 rings (SSSR count). The first-order valence-corrected chi connectivity index (χ1v) is 7.88. The summed E-state index contributed by atoms with van der Waals surface area (Å²) in [7, 11) is 0. The molecule has 4 heteroatoms. The summed E-state index contributed by atoms with van der Waals surface area (Å²) in [6.07, 6.45) is 3.64. The van der Waals surface area contributed by atoms with Gasteiger partial charge in [-0.25, -0.2) is 4.98 Å². The van der Waals surface area contributed by atoms with Gasteiger partial charge in [-0.05, 0) is 45.2 Å². The molecule has 18 heavy (non-hydrogen) atoms. The van der Waals surface area contributed by atoms with Gasteiger partial charge in [0.15, 0.2) is 0 Å². The van der Waals surface area contributed by atoms with Crippen LogP contribution in [0.4, 0.5) is 0 Å². The van der Waals surface area contributed by atoms with Gasteiger partial charge in [0.25, 0.3) is 0 Å². The lowest BCUT2D eigenvalue weighted by atomic mass is 9.99. The second-order valence-electron chi connectivity index (χ2n) is 5.52. The molecule has 1 aromatic heterocycles. The Bertz CT molecular complexity index is 378. The van der Waals surface area contributed by atoms with Crippen molar-refractivity contribution in [1.82, 2.24) is 9.88 Å². The number of hydrogen-bond donors (Lipinski definition) is 1. The smallest absolute Gasteiger partial charge is 0.107 e. The quantitative estimate of drug-likeness (QED) is 0.912. The Morgan fingerprint density at radius 3 is 2.61 bits per heavy atom. The maximum atomic E-state index is 6.01. The lowest BCUT2D eigenvalue weighted by Gasteiger charge is -2.29. The average Bonchev–Trinajstić information content (AvgIpc) is 2.75. The molecule has 1 aromatic rings. The zero-order chi connectivity index (χ0) is 13.1. The normalized spacial score (nSPS) is 20.2. The zero-order valence-corrected chi connectivity index (χ0v) is 12.6. The minimum Gasteiger partial charge on any atom is -0.323 e. The fraction of sp³-hybridized carbons (Fsp3) is 0.786. The van der Waals surface area contributed by atoms with Crippen molar-refractivity contribution in [2.75, 3.05) is 13.1 Å². The fourth-order valence-corrected chi connectivity index (χ4v) is 3.65. The SMILES string of the molecule is CCc1nc(CN2CCC(C)CC2)sc1C(C)N. The second-order valence-corrected chi connectivity index (χ2v) is 6.63. The standard InChI is InChI=1S/C14H25N3S/c1-4-12-14(11(3)15)18-13(16-12)9-17-7-5-10(2)6-8-17/h10-11H,4-9,15H2,1-3H3. The fourth-order valence-electron chi connectivity index (χ4n) is 2.50. The molecule has 1 atom stereocenters. The van der Waals surface area contributed by atoms with Gasteiger partial charge < -0.3 is 5.73 Å². The highest BCUT2D eigenvalue weighted by atomic mass is 32.1. The third-order valence-electron chi connectivity index (χ3n) is 3.76. The Kier molecular flexibility index (Phi) is 4.76. The van der Waals surface area contributed by atoms with E-state index in [1.807, 2.05) is 11.3 Å². The number of thiazole rings is 1. The van der Waals surface area contributed by atoms with E-state index in [-0.39, 0.29) is 6.04 Å². The largest absolute Gasteiger partial charge is 0.323 e. The lowest BCUT2D eigenvalue weighted by Crippen LogP contribution is -2.32. The number of piperidine rings is 1. The number of likely N-dealkylation sites (tertiary alicyclic amines) is 1. The summed E-state index contributed by atoms with van der Waals surface area (Å²) < 4.78 is 0. The number of nitrogens with two attached hydrogens (primary N) is 1. The Morgan fingerprint density at radius 1 is 1.44 bits per heavy atom. The molecule has 0 radical (unpaired) electrons. The van der Waals surface area contributed by atoms with Crippen LogP contribution in [0.5, 0.6) is 0 Å². The van der Waals surface area contributed by atoms with Crippen molar-refractivity contribution in [3.05, 3.63) is 15.6 Å².